The van der Waals surface area contributed by atoms with Gasteiger partial charge in [-0.1, -0.05) is 0 Å². The summed E-state index contributed by atoms with van der Waals surface area (Å²) in [5.74, 6) is -19.4. The van der Waals surface area contributed by atoms with E-state index in [0.29, 0.717) is 12.1 Å². The van der Waals surface area contributed by atoms with Crippen LogP contribution in [0.1, 0.15) is 39.7 Å². The largest absolute Gasteiger partial charge is 0.573 e. The van der Waals surface area contributed by atoms with Crippen LogP contribution < -0.4 is 9.47 Å². The van der Waals surface area contributed by atoms with Crippen LogP contribution in [0.4, 0.5) is 48.3 Å². The number of nitriles is 3. The molecule has 0 amide bonds. The highest BCUT2D eigenvalue weighted by molar-refractivity contribution is 5.84. The van der Waals surface area contributed by atoms with E-state index < -0.39 is 93.0 Å². The van der Waals surface area contributed by atoms with Crippen LogP contribution in [0.5, 0.6) is 11.5 Å². The molecule has 3 aromatic rings. The molecule has 0 aromatic heterocycles. The molecule has 210 valence electrons. The van der Waals surface area contributed by atoms with Gasteiger partial charge in [0, 0.05) is 11.5 Å². The number of benzene rings is 3. The lowest BCUT2D eigenvalue weighted by Crippen LogP contribution is -2.19. The van der Waals surface area contributed by atoms with Crippen molar-refractivity contribution in [1.29, 1.82) is 15.8 Å². The molecule has 0 spiro atoms. The summed E-state index contributed by atoms with van der Waals surface area (Å²) in [5.41, 5.74) is -5.04. The SMILES string of the molecule is N#Cc1cc2c(cc1OC(F)(F)F)C(C(C#N)c1c(F)c(F)c(F)c(F)c1F)c1cc(OC(F)(F)F)c(C#N)cc1-2. The van der Waals surface area contributed by atoms with E-state index in [0.717, 1.165) is 12.1 Å². The normalized spacial score (nSPS) is 13.5. The molecule has 1 aliphatic rings. The molecule has 16 heteroatoms. The lowest BCUT2D eigenvalue weighted by Gasteiger charge is -2.23. The van der Waals surface area contributed by atoms with Crippen LogP contribution in [-0.4, -0.2) is 12.7 Å². The van der Waals surface area contributed by atoms with Crippen molar-refractivity contribution in [2.24, 2.45) is 0 Å². The van der Waals surface area contributed by atoms with Gasteiger partial charge in [0.1, 0.15) is 23.6 Å². The number of hydrogen-bond acceptors (Lipinski definition) is 5. The molecule has 0 saturated heterocycles. The molecule has 1 aliphatic carbocycles. The molecule has 0 radical (unpaired) electrons. The van der Waals surface area contributed by atoms with Crippen molar-refractivity contribution in [2.75, 3.05) is 0 Å². The summed E-state index contributed by atoms with van der Waals surface area (Å²) in [5, 5.41) is 28.6. The lowest BCUT2D eigenvalue weighted by molar-refractivity contribution is -0.275. The van der Waals surface area contributed by atoms with Crippen molar-refractivity contribution in [2.45, 2.75) is 24.6 Å². The Morgan fingerprint density at radius 3 is 1.29 bits per heavy atom. The Kier molecular flexibility index (Phi) is 6.96. The summed E-state index contributed by atoms with van der Waals surface area (Å²) in [6.07, 6.45) is -10.8. The average molecular weight is 589 g/mol. The second kappa shape index (κ2) is 9.86. The summed E-state index contributed by atoms with van der Waals surface area (Å²) >= 11 is 0. The van der Waals surface area contributed by atoms with Gasteiger partial charge in [-0.3, -0.25) is 0 Å². The Balaban J connectivity index is 2.11. The van der Waals surface area contributed by atoms with Gasteiger partial charge in [-0.2, -0.15) is 15.8 Å². The predicted octanol–water partition coefficient (Wildman–Crippen LogP) is 7.34. The van der Waals surface area contributed by atoms with E-state index in [1.54, 1.807) is 0 Å². The number of ether oxygens (including phenoxy) is 2. The summed E-state index contributed by atoms with van der Waals surface area (Å²) in [4.78, 5) is 0. The molecule has 0 aliphatic heterocycles. The van der Waals surface area contributed by atoms with Crippen LogP contribution in [0.2, 0.25) is 0 Å². The molecule has 3 aromatic carbocycles. The highest BCUT2D eigenvalue weighted by atomic mass is 19.4. The summed E-state index contributed by atoms with van der Waals surface area (Å²) in [6.45, 7) is 0. The first kappa shape index (κ1) is 29.0. The van der Waals surface area contributed by atoms with Crippen LogP contribution in [-0.2, 0) is 0 Å². The first-order valence-corrected chi connectivity index (χ1v) is 10.6. The number of rotatable bonds is 4. The Morgan fingerprint density at radius 1 is 0.610 bits per heavy atom. The third-order valence-corrected chi connectivity index (χ3v) is 5.98. The molecule has 5 nitrogen and oxygen atoms in total. The zero-order valence-electron chi connectivity index (χ0n) is 19.3. The fourth-order valence-electron chi connectivity index (χ4n) is 4.49. The van der Waals surface area contributed by atoms with Crippen molar-refractivity contribution in [3.05, 3.63) is 81.2 Å². The van der Waals surface area contributed by atoms with Crippen LogP contribution >= 0.6 is 0 Å². The average Bonchev–Trinajstić information content (AvgIpc) is 3.17. The second-order valence-electron chi connectivity index (χ2n) is 8.26. The molecule has 41 heavy (non-hydrogen) atoms. The van der Waals surface area contributed by atoms with E-state index >= 15 is 0 Å². The minimum atomic E-state index is -5.40. The van der Waals surface area contributed by atoms with Crippen molar-refractivity contribution in [3.8, 4) is 40.8 Å². The summed E-state index contributed by atoms with van der Waals surface area (Å²) < 4.78 is 157. The maximum absolute atomic E-state index is 14.8. The molecular weight excluding hydrogens is 583 g/mol. The molecule has 0 fully saturated rings. The third kappa shape index (κ3) is 5.02. The Hall–Kier alpha value is -5.04. The zero-order valence-corrected chi connectivity index (χ0v) is 19.3. The van der Waals surface area contributed by atoms with Crippen molar-refractivity contribution >= 4 is 0 Å². The Bertz CT molecular complexity index is 1620. The van der Waals surface area contributed by atoms with Crippen molar-refractivity contribution in [3.63, 3.8) is 0 Å². The molecule has 0 heterocycles. The molecule has 0 N–H and O–H groups in total. The molecule has 1 atom stereocenters. The van der Waals surface area contributed by atoms with E-state index in [9.17, 15) is 64.1 Å². The van der Waals surface area contributed by atoms with Gasteiger partial charge in [-0.25, -0.2) is 22.0 Å². The molecule has 0 saturated carbocycles. The van der Waals surface area contributed by atoms with E-state index in [-0.39, 0.29) is 11.1 Å². The minimum Gasteiger partial charge on any atom is -0.404 e. The maximum atomic E-state index is 14.8. The number of halogens is 11. The highest BCUT2D eigenvalue weighted by Crippen LogP contribution is 2.55. The highest BCUT2D eigenvalue weighted by Gasteiger charge is 2.43. The predicted molar refractivity (Wildman–Crippen MR) is 111 cm³/mol. The quantitative estimate of drug-likeness (QED) is 0.181. The van der Waals surface area contributed by atoms with Gasteiger partial charge in [0.2, 0.25) is 5.82 Å². The monoisotopic (exact) mass is 589 g/mol. The van der Waals surface area contributed by atoms with Crippen molar-refractivity contribution in [1.82, 2.24) is 0 Å². The second-order valence-corrected chi connectivity index (χ2v) is 8.26. The smallest absolute Gasteiger partial charge is 0.404 e. The van der Waals surface area contributed by atoms with Gasteiger partial charge in [-0.15, -0.1) is 26.3 Å². The first-order chi connectivity index (χ1) is 19.0. The molecule has 0 bridgehead atoms. The fourth-order valence-corrected chi connectivity index (χ4v) is 4.49. The standard InChI is InChI=1S/C25H6F11N3O2/c26-19-18(20(27)22(29)23(30)21(19)28)14(7-39)17-12-3-15(40-24(31,32)33)8(5-37)1-10(12)11-2-9(6-38)16(4-13(11)17)41-25(34,35)36/h1-4,14,17H. The lowest BCUT2D eigenvalue weighted by atomic mass is 9.79. The van der Waals surface area contributed by atoms with Crippen LogP contribution in [0.25, 0.3) is 11.1 Å². The maximum Gasteiger partial charge on any atom is 0.573 e. The van der Waals surface area contributed by atoms with Crippen LogP contribution in [0.3, 0.4) is 0 Å². The number of fused-ring (bicyclic) bond motifs is 3. The first-order valence-electron chi connectivity index (χ1n) is 10.6. The van der Waals surface area contributed by atoms with E-state index in [1.165, 1.54) is 18.2 Å². The Labute approximate surface area is 220 Å². The summed E-state index contributed by atoms with van der Waals surface area (Å²) in [7, 11) is 0. The van der Waals surface area contributed by atoms with Crippen LogP contribution in [0.15, 0.2) is 24.3 Å². The summed E-state index contributed by atoms with van der Waals surface area (Å²) in [6, 6.07) is 6.51. The van der Waals surface area contributed by atoms with E-state index in [4.69, 9.17) is 0 Å². The van der Waals surface area contributed by atoms with Gasteiger partial charge in [-0.05, 0) is 46.5 Å². The van der Waals surface area contributed by atoms with Gasteiger partial charge in [0.05, 0.1) is 23.1 Å². The van der Waals surface area contributed by atoms with Crippen molar-refractivity contribution < 1.29 is 57.8 Å². The van der Waals surface area contributed by atoms with Gasteiger partial charge >= 0.3 is 12.7 Å². The number of alkyl halides is 6. The van der Waals surface area contributed by atoms with Gasteiger partial charge in [0.15, 0.2) is 23.3 Å². The number of nitrogens with zero attached hydrogens (tertiary/aromatic N) is 3. The minimum absolute atomic E-state index is 0.310. The van der Waals surface area contributed by atoms with E-state index in [2.05, 4.69) is 9.47 Å². The third-order valence-electron chi connectivity index (χ3n) is 5.98. The van der Waals surface area contributed by atoms with Crippen LogP contribution in [0, 0.1) is 63.1 Å². The number of hydrogen-bond donors (Lipinski definition) is 0. The molecule has 4 rings (SSSR count). The fraction of sp³-hybridized carbons (Fsp3) is 0.160. The zero-order chi connectivity index (χ0) is 30.6. The molecule has 1 unspecified atom stereocenters. The van der Waals surface area contributed by atoms with Gasteiger partial charge < -0.3 is 9.47 Å². The topological polar surface area (TPSA) is 89.8 Å². The molecular formula is C25H6F11N3O2. The van der Waals surface area contributed by atoms with E-state index in [1.807, 2.05) is 0 Å². The Morgan fingerprint density at radius 2 is 0.976 bits per heavy atom. The van der Waals surface area contributed by atoms with Gasteiger partial charge in [0.25, 0.3) is 0 Å².